The summed E-state index contributed by atoms with van der Waals surface area (Å²) >= 11 is 0. The van der Waals surface area contributed by atoms with Gasteiger partial charge in [0.25, 0.3) is 0 Å². The fraction of sp³-hybridized carbons (Fsp3) is 0.588. The van der Waals surface area contributed by atoms with E-state index in [-0.39, 0.29) is 29.9 Å². The zero-order valence-electron chi connectivity index (χ0n) is 14.6. The van der Waals surface area contributed by atoms with E-state index in [9.17, 15) is 18.3 Å². The van der Waals surface area contributed by atoms with Crippen LogP contribution in [-0.4, -0.2) is 50.8 Å². The number of carbonyl (C=O) groups is 1. The van der Waals surface area contributed by atoms with Crippen molar-refractivity contribution in [3.05, 3.63) is 29.8 Å². The molecule has 1 aromatic carbocycles. The van der Waals surface area contributed by atoms with Crippen molar-refractivity contribution in [3.63, 3.8) is 0 Å². The molecule has 0 aliphatic carbocycles. The van der Waals surface area contributed by atoms with Gasteiger partial charge in [0.15, 0.2) is 0 Å². The van der Waals surface area contributed by atoms with Gasteiger partial charge in [-0.25, -0.2) is 13.1 Å². The summed E-state index contributed by atoms with van der Waals surface area (Å²) in [6.45, 7) is 3.96. The van der Waals surface area contributed by atoms with Gasteiger partial charge in [-0.2, -0.15) is 0 Å². The zero-order chi connectivity index (χ0) is 18.4. The lowest BCUT2D eigenvalue weighted by molar-refractivity contribution is -0.130. The Balaban J connectivity index is 2.00. The number of hydrogen-bond acceptors (Lipinski definition) is 5. The second-order valence-corrected chi connectivity index (χ2v) is 7.97. The maximum Gasteiger partial charge on any atom is 0.240 e. The Kier molecular flexibility index (Phi) is 6.95. The van der Waals surface area contributed by atoms with Crippen LogP contribution in [0.15, 0.2) is 29.2 Å². The van der Waals surface area contributed by atoms with E-state index in [4.69, 9.17) is 4.74 Å². The highest BCUT2D eigenvalue weighted by molar-refractivity contribution is 7.89. The summed E-state index contributed by atoms with van der Waals surface area (Å²) < 4.78 is 33.4. The maximum absolute atomic E-state index is 12.5. The number of aliphatic hydroxyl groups excluding tert-OH is 1. The first-order valence-electron chi connectivity index (χ1n) is 8.47. The van der Waals surface area contributed by atoms with Crippen LogP contribution in [0.25, 0.3) is 0 Å². The van der Waals surface area contributed by atoms with Crippen molar-refractivity contribution in [2.24, 2.45) is 0 Å². The van der Waals surface area contributed by atoms with Gasteiger partial charge in [-0.15, -0.1) is 0 Å². The van der Waals surface area contributed by atoms with E-state index in [0.717, 1.165) is 5.56 Å². The summed E-state index contributed by atoms with van der Waals surface area (Å²) in [7, 11) is -3.69. The van der Waals surface area contributed by atoms with Crippen LogP contribution in [0.5, 0.6) is 0 Å². The molecular formula is C17H26N2O5S. The first kappa shape index (κ1) is 19.8. The number of amides is 1. The van der Waals surface area contributed by atoms with Gasteiger partial charge < -0.3 is 15.2 Å². The number of ether oxygens (including phenoxy) is 1. The van der Waals surface area contributed by atoms with Gasteiger partial charge in [0, 0.05) is 6.54 Å². The second kappa shape index (κ2) is 8.75. The molecule has 0 spiro atoms. The van der Waals surface area contributed by atoms with E-state index in [1.54, 1.807) is 24.3 Å². The van der Waals surface area contributed by atoms with Crippen LogP contribution >= 0.6 is 0 Å². The molecule has 1 aliphatic rings. The van der Waals surface area contributed by atoms with E-state index in [1.807, 2.05) is 13.8 Å². The summed E-state index contributed by atoms with van der Waals surface area (Å²) in [5, 5.41) is 12.3. The number of benzene rings is 1. The third-order valence-electron chi connectivity index (χ3n) is 4.22. The van der Waals surface area contributed by atoms with Crippen LogP contribution in [0.3, 0.4) is 0 Å². The molecule has 3 atom stereocenters. The van der Waals surface area contributed by atoms with Crippen molar-refractivity contribution in [1.82, 2.24) is 10.0 Å². The van der Waals surface area contributed by atoms with Crippen molar-refractivity contribution in [3.8, 4) is 0 Å². The lowest BCUT2D eigenvalue weighted by Gasteiger charge is -2.35. The monoisotopic (exact) mass is 370 g/mol. The molecule has 7 nitrogen and oxygen atoms in total. The molecule has 1 amide bonds. The number of carbonyl (C=O) groups excluding carboxylic acids is 1. The van der Waals surface area contributed by atoms with Gasteiger partial charge in [-0.3, -0.25) is 4.79 Å². The van der Waals surface area contributed by atoms with Crippen molar-refractivity contribution < 1.29 is 23.1 Å². The first-order valence-corrected chi connectivity index (χ1v) is 9.96. The van der Waals surface area contributed by atoms with Crippen molar-refractivity contribution in [1.29, 1.82) is 0 Å². The molecule has 2 rings (SSSR count). The Morgan fingerprint density at radius 3 is 2.56 bits per heavy atom. The highest BCUT2D eigenvalue weighted by Gasteiger charge is 2.34. The molecule has 0 unspecified atom stereocenters. The molecule has 140 valence electrons. The predicted molar refractivity (Wildman–Crippen MR) is 93.6 cm³/mol. The Morgan fingerprint density at radius 2 is 1.96 bits per heavy atom. The van der Waals surface area contributed by atoms with Crippen LogP contribution in [0.2, 0.25) is 0 Å². The largest absolute Gasteiger partial charge is 0.394 e. The van der Waals surface area contributed by atoms with Crippen molar-refractivity contribution in [2.75, 3.05) is 13.2 Å². The molecule has 0 bridgehead atoms. The molecule has 0 saturated carbocycles. The fourth-order valence-electron chi connectivity index (χ4n) is 2.88. The second-order valence-electron chi connectivity index (χ2n) is 6.25. The molecule has 25 heavy (non-hydrogen) atoms. The minimum Gasteiger partial charge on any atom is -0.394 e. The molecule has 1 heterocycles. The number of aryl methyl sites for hydroxylation is 1. The zero-order valence-corrected chi connectivity index (χ0v) is 15.4. The SMILES string of the molecule is CCNC(=O)C[C@H]1CC[C@@H](NS(=O)(=O)c2ccc(C)cc2)[C@H](CO)O1. The molecule has 1 saturated heterocycles. The van der Waals surface area contributed by atoms with Gasteiger partial charge in [-0.05, 0) is 38.8 Å². The highest BCUT2D eigenvalue weighted by atomic mass is 32.2. The van der Waals surface area contributed by atoms with Crippen LogP contribution in [0.1, 0.15) is 31.7 Å². The fourth-order valence-corrected chi connectivity index (χ4v) is 4.18. The molecule has 1 aliphatic heterocycles. The molecule has 3 N–H and O–H groups in total. The molecule has 1 fully saturated rings. The number of nitrogens with one attached hydrogen (secondary N) is 2. The quantitative estimate of drug-likeness (QED) is 0.656. The van der Waals surface area contributed by atoms with Crippen molar-refractivity contribution >= 4 is 15.9 Å². The first-order chi connectivity index (χ1) is 11.9. The average molecular weight is 370 g/mol. The van der Waals surface area contributed by atoms with Gasteiger partial charge in [0.05, 0.1) is 36.2 Å². The van der Waals surface area contributed by atoms with Crippen LogP contribution < -0.4 is 10.0 Å². The Labute approximate surface area is 148 Å². The van der Waals surface area contributed by atoms with E-state index >= 15 is 0 Å². The summed E-state index contributed by atoms with van der Waals surface area (Å²) in [6.07, 6.45) is 0.272. The average Bonchev–Trinajstić information content (AvgIpc) is 2.56. The van der Waals surface area contributed by atoms with E-state index in [2.05, 4.69) is 10.0 Å². The van der Waals surface area contributed by atoms with Gasteiger partial charge in [0.1, 0.15) is 0 Å². The number of hydrogen-bond donors (Lipinski definition) is 3. The number of sulfonamides is 1. The molecular weight excluding hydrogens is 344 g/mol. The van der Waals surface area contributed by atoms with Crippen molar-refractivity contribution in [2.45, 2.75) is 56.3 Å². The van der Waals surface area contributed by atoms with Gasteiger partial charge in [-0.1, -0.05) is 17.7 Å². The summed E-state index contributed by atoms with van der Waals surface area (Å²) in [5.74, 6) is -0.108. The lowest BCUT2D eigenvalue weighted by atomic mass is 9.98. The Bertz CT molecular complexity index is 675. The van der Waals surface area contributed by atoms with E-state index < -0.39 is 22.2 Å². The van der Waals surface area contributed by atoms with Crippen LogP contribution in [0.4, 0.5) is 0 Å². The third-order valence-corrected chi connectivity index (χ3v) is 5.73. The van der Waals surface area contributed by atoms with Crippen LogP contribution in [-0.2, 0) is 19.6 Å². The number of rotatable bonds is 7. The topological polar surface area (TPSA) is 105 Å². The Hall–Kier alpha value is -1.48. The molecule has 0 aromatic heterocycles. The van der Waals surface area contributed by atoms with Gasteiger partial charge >= 0.3 is 0 Å². The minimum absolute atomic E-state index is 0.108. The summed E-state index contributed by atoms with van der Waals surface area (Å²) in [4.78, 5) is 11.8. The lowest BCUT2D eigenvalue weighted by Crippen LogP contribution is -2.51. The third kappa shape index (κ3) is 5.50. The smallest absolute Gasteiger partial charge is 0.240 e. The maximum atomic E-state index is 12.5. The molecule has 8 heteroatoms. The van der Waals surface area contributed by atoms with E-state index in [1.165, 1.54) is 0 Å². The normalized spacial score (nSPS) is 24.0. The summed E-state index contributed by atoms with van der Waals surface area (Å²) in [5.41, 5.74) is 0.974. The molecule has 0 radical (unpaired) electrons. The standard InChI is InChI=1S/C17H26N2O5S/c1-3-18-17(21)10-13-6-9-15(16(11-20)24-13)19-25(22,23)14-7-4-12(2)5-8-14/h4-5,7-8,13,15-16,19-20H,3,6,9-11H2,1-2H3,(H,18,21)/t13-,15-,16+/m1/s1. The number of aliphatic hydroxyl groups is 1. The summed E-state index contributed by atoms with van der Waals surface area (Å²) in [6, 6.07) is 6.04. The Morgan fingerprint density at radius 1 is 1.28 bits per heavy atom. The van der Waals surface area contributed by atoms with Crippen LogP contribution in [0, 0.1) is 6.92 Å². The van der Waals surface area contributed by atoms with Gasteiger partial charge in [0.2, 0.25) is 15.9 Å². The molecule has 1 aromatic rings. The minimum atomic E-state index is -3.69. The highest BCUT2D eigenvalue weighted by Crippen LogP contribution is 2.23. The van der Waals surface area contributed by atoms with E-state index in [0.29, 0.717) is 19.4 Å². The predicted octanol–water partition coefficient (Wildman–Crippen LogP) is 0.708.